The molecule has 0 unspecified atom stereocenters. The van der Waals surface area contributed by atoms with Crippen LogP contribution < -0.4 is 4.90 Å². The molecule has 0 saturated carbocycles. The van der Waals surface area contributed by atoms with E-state index >= 15 is 0 Å². The number of halogens is 1. The summed E-state index contributed by atoms with van der Waals surface area (Å²) in [5, 5.41) is 0. The molecular weight excluding hydrogens is 194 g/mol. The molecule has 76 valence electrons. The Kier molecular flexibility index (Phi) is 2.97. The molecule has 1 heterocycles. The van der Waals surface area contributed by atoms with Gasteiger partial charge >= 0.3 is 0 Å². The van der Waals surface area contributed by atoms with Gasteiger partial charge in [0, 0.05) is 24.7 Å². The van der Waals surface area contributed by atoms with Crippen LogP contribution in [0.3, 0.4) is 0 Å². The van der Waals surface area contributed by atoms with Crippen molar-refractivity contribution < 1.29 is 0 Å². The predicted molar refractivity (Wildman–Crippen MR) is 62.2 cm³/mol. The Balaban J connectivity index is 2.31. The second-order valence-corrected chi connectivity index (χ2v) is 4.23. The number of hydrogen-bond donors (Lipinski definition) is 0. The lowest BCUT2D eigenvalue weighted by Gasteiger charge is -2.20. The van der Waals surface area contributed by atoms with Crippen molar-refractivity contribution in [2.45, 2.75) is 25.6 Å². The monoisotopic (exact) mass is 209 g/mol. The Labute approximate surface area is 90.7 Å². The summed E-state index contributed by atoms with van der Waals surface area (Å²) in [5.41, 5.74) is 3.90. The number of anilines is 1. The Morgan fingerprint density at radius 1 is 1.29 bits per heavy atom. The lowest BCUT2D eigenvalue weighted by atomic mass is 10.1. The van der Waals surface area contributed by atoms with Gasteiger partial charge in [0.1, 0.15) is 0 Å². The maximum atomic E-state index is 5.96. The first-order valence-corrected chi connectivity index (χ1v) is 5.75. The maximum Gasteiger partial charge on any atom is 0.0494 e. The molecule has 0 aliphatic carbocycles. The van der Waals surface area contributed by atoms with Crippen LogP contribution in [-0.4, -0.2) is 13.1 Å². The van der Waals surface area contributed by atoms with E-state index in [1.807, 2.05) is 0 Å². The first-order chi connectivity index (χ1) is 6.81. The molecule has 1 fully saturated rings. The number of nitrogens with zero attached hydrogens (tertiary/aromatic N) is 1. The summed E-state index contributed by atoms with van der Waals surface area (Å²) in [7, 11) is 0. The Morgan fingerprint density at radius 2 is 2.00 bits per heavy atom. The molecule has 2 rings (SSSR count). The molecule has 14 heavy (non-hydrogen) atoms. The average molecular weight is 210 g/mol. The summed E-state index contributed by atoms with van der Waals surface area (Å²) in [6.45, 7) is 4.49. The van der Waals surface area contributed by atoms with Gasteiger partial charge in [-0.1, -0.05) is 17.7 Å². The van der Waals surface area contributed by atoms with Crippen LogP contribution in [0.15, 0.2) is 18.2 Å². The van der Waals surface area contributed by atoms with Crippen molar-refractivity contribution in [1.82, 2.24) is 0 Å². The van der Waals surface area contributed by atoms with Crippen LogP contribution in [0.4, 0.5) is 5.69 Å². The zero-order chi connectivity index (χ0) is 9.97. The second-order valence-electron chi connectivity index (χ2n) is 3.96. The normalized spacial score (nSPS) is 16.3. The Bertz CT molecular complexity index is 316. The van der Waals surface area contributed by atoms with E-state index in [1.165, 1.54) is 42.7 Å². The van der Waals surface area contributed by atoms with E-state index < -0.39 is 0 Å². The summed E-state index contributed by atoms with van der Waals surface area (Å²) in [6, 6.07) is 6.57. The molecule has 1 aromatic carbocycles. The third-order valence-corrected chi connectivity index (χ3v) is 3.11. The van der Waals surface area contributed by atoms with Crippen LogP contribution in [0.25, 0.3) is 0 Å². The van der Waals surface area contributed by atoms with E-state index in [-0.39, 0.29) is 0 Å². The van der Waals surface area contributed by atoms with Gasteiger partial charge in [-0.3, -0.25) is 0 Å². The van der Waals surface area contributed by atoms with Gasteiger partial charge in [0.2, 0.25) is 0 Å². The molecule has 0 aromatic heterocycles. The molecular formula is C12H16ClN. The van der Waals surface area contributed by atoms with E-state index in [0.29, 0.717) is 5.88 Å². The molecule has 0 bridgehead atoms. The summed E-state index contributed by atoms with van der Waals surface area (Å²) in [4.78, 5) is 2.44. The molecule has 1 nitrogen and oxygen atoms in total. The van der Waals surface area contributed by atoms with E-state index in [9.17, 15) is 0 Å². The van der Waals surface area contributed by atoms with Gasteiger partial charge in [-0.2, -0.15) is 0 Å². The fourth-order valence-electron chi connectivity index (χ4n) is 2.09. The standard InChI is InChI=1S/C12H16ClN/c1-10-4-5-12(11(8-10)9-13)14-6-2-3-7-14/h4-5,8H,2-3,6-7,9H2,1H3. The number of benzene rings is 1. The van der Waals surface area contributed by atoms with E-state index in [2.05, 4.69) is 30.0 Å². The van der Waals surface area contributed by atoms with Gasteiger partial charge in [-0.25, -0.2) is 0 Å². The highest BCUT2D eigenvalue weighted by atomic mass is 35.5. The third-order valence-electron chi connectivity index (χ3n) is 2.83. The summed E-state index contributed by atoms with van der Waals surface area (Å²) in [6.07, 6.45) is 2.63. The molecule has 2 heteroatoms. The average Bonchev–Trinajstić information content (AvgIpc) is 2.70. The van der Waals surface area contributed by atoms with Gasteiger partial charge in [0.15, 0.2) is 0 Å². The lowest BCUT2D eigenvalue weighted by molar-refractivity contribution is 0.949. The van der Waals surface area contributed by atoms with Gasteiger partial charge in [0.25, 0.3) is 0 Å². The zero-order valence-electron chi connectivity index (χ0n) is 8.59. The molecule has 0 amide bonds. The van der Waals surface area contributed by atoms with Crippen molar-refractivity contribution in [2.75, 3.05) is 18.0 Å². The van der Waals surface area contributed by atoms with Crippen molar-refractivity contribution in [1.29, 1.82) is 0 Å². The minimum Gasteiger partial charge on any atom is -0.371 e. The Morgan fingerprint density at radius 3 is 2.64 bits per heavy atom. The number of hydrogen-bond acceptors (Lipinski definition) is 1. The van der Waals surface area contributed by atoms with Crippen LogP contribution >= 0.6 is 11.6 Å². The van der Waals surface area contributed by atoms with Crippen LogP contribution in [0.2, 0.25) is 0 Å². The molecule has 1 aliphatic heterocycles. The van der Waals surface area contributed by atoms with Crippen LogP contribution in [0.1, 0.15) is 24.0 Å². The molecule has 1 aromatic rings. The summed E-state index contributed by atoms with van der Waals surface area (Å²) in [5.74, 6) is 0.619. The van der Waals surface area contributed by atoms with Gasteiger partial charge in [-0.15, -0.1) is 11.6 Å². The van der Waals surface area contributed by atoms with Gasteiger partial charge < -0.3 is 4.90 Å². The van der Waals surface area contributed by atoms with Crippen LogP contribution in [0, 0.1) is 6.92 Å². The SMILES string of the molecule is Cc1ccc(N2CCCC2)c(CCl)c1. The van der Waals surface area contributed by atoms with Gasteiger partial charge in [-0.05, 0) is 31.4 Å². The summed E-state index contributed by atoms with van der Waals surface area (Å²) >= 11 is 5.96. The topological polar surface area (TPSA) is 3.24 Å². The quantitative estimate of drug-likeness (QED) is 0.676. The summed E-state index contributed by atoms with van der Waals surface area (Å²) < 4.78 is 0. The first-order valence-electron chi connectivity index (χ1n) is 5.21. The highest BCUT2D eigenvalue weighted by Crippen LogP contribution is 2.26. The fraction of sp³-hybridized carbons (Fsp3) is 0.500. The highest BCUT2D eigenvalue weighted by molar-refractivity contribution is 6.17. The van der Waals surface area contributed by atoms with Crippen molar-refractivity contribution in [3.05, 3.63) is 29.3 Å². The predicted octanol–water partition coefficient (Wildman–Crippen LogP) is 3.33. The highest BCUT2D eigenvalue weighted by Gasteiger charge is 2.14. The fourth-order valence-corrected chi connectivity index (χ4v) is 2.30. The van der Waals surface area contributed by atoms with Crippen molar-refractivity contribution in [2.24, 2.45) is 0 Å². The van der Waals surface area contributed by atoms with Crippen molar-refractivity contribution in [3.8, 4) is 0 Å². The largest absolute Gasteiger partial charge is 0.371 e. The molecule has 0 N–H and O–H groups in total. The number of rotatable bonds is 2. The molecule has 0 radical (unpaired) electrons. The minimum atomic E-state index is 0.619. The zero-order valence-corrected chi connectivity index (χ0v) is 9.35. The Hall–Kier alpha value is -0.690. The molecule has 0 atom stereocenters. The first kappa shape index (κ1) is 9.85. The second kappa shape index (κ2) is 4.22. The van der Waals surface area contributed by atoms with E-state index in [0.717, 1.165) is 0 Å². The smallest absolute Gasteiger partial charge is 0.0494 e. The minimum absolute atomic E-state index is 0.619. The van der Waals surface area contributed by atoms with E-state index in [4.69, 9.17) is 11.6 Å². The van der Waals surface area contributed by atoms with Gasteiger partial charge in [0.05, 0.1) is 0 Å². The van der Waals surface area contributed by atoms with E-state index in [1.54, 1.807) is 0 Å². The lowest BCUT2D eigenvalue weighted by Crippen LogP contribution is -2.18. The number of aryl methyl sites for hydroxylation is 1. The molecule has 1 saturated heterocycles. The van der Waals surface area contributed by atoms with Crippen molar-refractivity contribution in [3.63, 3.8) is 0 Å². The maximum absolute atomic E-state index is 5.96. The van der Waals surface area contributed by atoms with Crippen molar-refractivity contribution >= 4 is 17.3 Å². The molecule has 1 aliphatic rings. The third kappa shape index (κ3) is 1.88. The number of alkyl halides is 1. The van der Waals surface area contributed by atoms with Crippen LogP contribution in [0.5, 0.6) is 0 Å². The molecule has 0 spiro atoms. The van der Waals surface area contributed by atoms with Crippen LogP contribution in [-0.2, 0) is 5.88 Å².